The van der Waals surface area contributed by atoms with E-state index in [0.717, 1.165) is 7.96 Å². The fourth-order valence-electron chi connectivity index (χ4n) is 6.37. The number of hydrogen-bond acceptors (Lipinski definition) is 0. The van der Waals surface area contributed by atoms with E-state index in [1.165, 1.54) is 0 Å². The zero-order valence-electron chi connectivity index (χ0n) is 53.9. The lowest BCUT2D eigenvalue weighted by atomic mass is 28.4. The molecule has 0 aromatic rings. The van der Waals surface area contributed by atoms with Crippen molar-refractivity contribution in [2.24, 2.45) is 0 Å². The number of rotatable bonds is 51. The first-order valence-corrected chi connectivity index (χ1v) is 215. The third-order valence-corrected chi connectivity index (χ3v) is 755. The normalized spacial score (nSPS) is 15.9. The van der Waals surface area contributed by atoms with Crippen LogP contribution in [0.5, 0.6) is 0 Å². The molecule has 0 N–H and O–H groups in total. The smallest absolute Gasteiger partial charge is 0.000359 e. The van der Waals surface area contributed by atoms with E-state index in [1.807, 2.05) is 0 Å². The molecule has 0 aromatic carbocycles. The van der Waals surface area contributed by atoms with Crippen molar-refractivity contribution in [3.8, 4) is 0 Å². The van der Waals surface area contributed by atoms with Crippen molar-refractivity contribution < 1.29 is 0 Å². The lowest BCUT2D eigenvalue weighted by Gasteiger charge is -2.61. The first-order valence-electron chi connectivity index (χ1n) is 23.9. The molecule has 0 aliphatic carbocycles. The fourth-order valence-corrected chi connectivity index (χ4v) is 1550. The minimum Gasteiger partial charge on any atom is -0.102 e. The molecule has 0 amide bonds. The van der Waals surface area contributed by atoms with Crippen LogP contribution in [-0.2, 0) is 0 Å². The predicted octanol–water partition coefficient (Wildman–Crippen LogP) is 61.8. The Kier molecular flexibility index (Phi) is 118. The molecule has 0 fully saturated rings. The summed E-state index contributed by atoms with van der Waals surface area (Å²) >= 11 is 0. The Labute approximate surface area is 823 Å². The fraction of sp³-hybridized carbons (Fsp3) is 0. The van der Waals surface area contributed by atoms with Crippen molar-refractivity contribution in [2.45, 2.75) is 0 Å². The third-order valence-electron chi connectivity index (χ3n) is 9.32. The van der Waals surface area contributed by atoms with E-state index in [4.69, 9.17) is 0 Å². The average molecular weight is 3360 g/mol. The monoisotopic (exact) mass is 3360 g/mol. The van der Waals surface area contributed by atoms with Gasteiger partial charge in [-0.3, -0.25) is 0 Å². The maximum absolute atomic E-state index is 3.94. The summed E-state index contributed by atoms with van der Waals surface area (Å²) in [7, 11) is 201. The van der Waals surface area contributed by atoms with Crippen LogP contribution in [-0.4, -0.2) is 0 Å². The summed E-state index contributed by atoms with van der Waals surface area (Å²) in [5.74, 6) is 0. The van der Waals surface area contributed by atoms with Crippen LogP contribution in [0, 0.1) is 0 Å². The van der Waals surface area contributed by atoms with Crippen LogP contribution < -0.4 is 0 Å². The molecule has 105 heteroatoms. The lowest BCUT2D eigenvalue weighted by molar-refractivity contribution is 4.32. The highest BCUT2D eigenvalue weighted by atomic mass is 33.6. The number of hydrogen-bond donors (Lipinski definition) is 0. The van der Waals surface area contributed by atoms with Gasteiger partial charge in [-0.15, -0.1) is 473 Å². The van der Waals surface area contributed by atoms with Gasteiger partial charge < -0.3 is 0 Å². The van der Waals surface area contributed by atoms with E-state index in [-0.39, 0.29) is 69.9 Å². The van der Waals surface area contributed by atoms with Crippen LogP contribution in [0.4, 0.5) is 0 Å². The maximum Gasteiger partial charge on any atom is -0.000359 e. The highest BCUT2D eigenvalue weighted by molar-refractivity contribution is 9.58. The molecular formula is H107P105. The molecule has 105 heavy (non-hydrogen) atoms. The maximum atomic E-state index is 3.94. The van der Waals surface area contributed by atoms with E-state index in [0.29, 0.717) is 0 Å². The van der Waals surface area contributed by atoms with Crippen LogP contribution in [0.15, 0.2) is 0 Å². The first kappa shape index (κ1) is 150. The van der Waals surface area contributed by atoms with Gasteiger partial charge in [0.25, 0.3) is 0 Å². The first-order chi connectivity index (χ1) is 47.7. The van der Waals surface area contributed by atoms with Gasteiger partial charge in [-0.05, 0) is 364 Å². The van der Waals surface area contributed by atoms with E-state index in [2.05, 4.69) is 473 Å². The van der Waals surface area contributed by atoms with Crippen LogP contribution in [0.2, 0.25) is 0 Å². The second kappa shape index (κ2) is 82.5. The Morgan fingerprint density at radius 3 is 0.267 bits per heavy atom. The highest BCUT2D eigenvalue weighted by Gasteiger charge is 2.64. The van der Waals surface area contributed by atoms with Crippen molar-refractivity contribution in [1.29, 1.82) is 0 Å². The third kappa shape index (κ3) is 53.7. The van der Waals surface area contributed by atoms with Gasteiger partial charge in [-0.2, -0.15) is 0 Å². The molecule has 0 spiro atoms. The average Bonchev–Trinajstić information content (AvgIpc) is 3.42. The molecule has 0 saturated carbocycles. The van der Waals surface area contributed by atoms with E-state index >= 15 is 0 Å². The summed E-state index contributed by atoms with van der Waals surface area (Å²) in [5.41, 5.74) is 0. The molecule has 0 radical (unpaired) electrons. The van der Waals surface area contributed by atoms with Gasteiger partial charge in [0.15, 0.2) is 0 Å². The molecule has 0 rings (SSSR count). The Hall–Kier alpha value is 45.1. The molecule has 58 atom stereocenters. The van der Waals surface area contributed by atoms with Crippen LogP contribution in [0.25, 0.3) is 0 Å². The molecule has 0 nitrogen and oxygen atoms in total. The van der Waals surface area contributed by atoms with Crippen molar-refractivity contribution >= 4 is 838 Å². The molecule has 0 aliphatic heterocycles. The van der Waals surface area contributed by atoms with Crippen LogP contribution in [0.1, 0.15) is 0 Å². The Balaban J connectivity index is 14.3. The zero-order valence-corrected chi connectivity index (χ0v) is 162. The summed E-state index contributed by atoms with van der Waals surface area (Å²) in [6, 6.07) is 0. The van der Waals surface area contributed by atoms with Crippen LogP contribution in [0.3, 0.4) is 0 Å². The van der Waals surface area contributed by atoms with E-state index in [1.54, 1.807) is 0 Å². The van der Waals surface area contributed by atoms with Crippen molar-refractivity contribution in [2.75, 3.05) is 0 Å². The summed E-state index contributed by atoms with van der Waals surface area (Å²) < 4.78 is 0. The Morgan fingerprint density at radius 1 is 0.0857 bits per heavy atom. The van der Waals surface area contributed by atoms with E-state index < -0.39 is 286 Å². The van der Waals surface area contributed by atoms with Crippen molar-refractivity contribution in [3.63, 3.8) is 0 Å². The Bertz CT molecular complexity index is 1790. The van der Waals surface area contributed by atoms with Gasteiger partial charge >= 0.3 is 0 Å². The van der Waals surface area contributed by atoms with Crippen molar-refractivity contribution in [1.82, 2.24) is 0 Å². The van der Waals surface area contributed by atoms with Gasteiger partial charge in [0, 0.05) is 0 Å². The second-order valence-electron chi connectivity index (χ2n) is 16.8. The topological polar surface area (TPSA) is 0 Å². The van der Waals surface area contributed by atoms with Gasteiger partial charge in [0.1, 0.15) is 0 Å². The molecule has 0 bridgehead atoms. The predicted molar refractivity (Wildman–Crippen MR) is 876 cm³/mol. The molecular weight excluding hydrogens is 3250 g/mol. The summed E-state index contributed by atoms with van der Waals surface area (Å²) in [4.78, 5) is 0. The lowest BCUT2D eigenvalue weighted by Crippen LogP contribution is -1.74. The minimum atomic E-state index is -0.603. The summed E-state index contributed by atoms with van der Waals surface area (Å²) in [6.45, 7) is -21.6. The van der Waals surface area contributed by atoms with Crippen LogP contribution >= 0.6 is 838 Å². The SMILES string of the molecule is PP(P)P(P)P(P(P)P)P(P(PP(P(P(P(P(P)P)P(P)P)P(P(P)P)P(P)P)P(P(P(P)P)P(P)P)P(P(P)P)P(P)P)P(P(P(P(P)P)P(P)P)P(P(P)P)P(P)P)P(P(P(P)P)P(P)P)P(P(P)P)P(P)P)P(P(P(P)P)P(P)P)P(P(P)P)P(P)P)P(P(P(P)P)P(P)P)P(P(P)P)P(P)P. The van der Waals surface area contributed by atoms with E-state index in [9.17, 15) is 0 Å². The second-order valence-corrected chi connectivity index (χ2v) is 453. The van der Waals surface area contributed by atoms with Crippen molar-refractivity contribution in [3.05, 3.63) is 0 Å². The highest BCUT2D eigenvalue weighted by Crippen LogP contribution is 3.52. The molecule has 0 saturated heterocycles. The molecule has 0 aliphatic rings. The molecule has 0 heterocycles. The standard InChI is InChI=1S/H107P105/c1-55(2)81(53)96(80(51)52)98(101(86(60(11)12)61(13)14)87(62(15)16)63(17)18)82(97(84(56(3)4)57(5)6)85(58(7)8)59(9)10)54-83(99(102(88(64(19)20)65(21)22)89(66(23)24)67(25)26)103(90(68(27)28)69(29)30)91(70(31)32)71(33)34)100(104(92(72(35)36)73(37)38)93(74(39)40)75(41)42)105(94(76(43)44)77(45)46)95(78(47)48)79(49)50/h54H,1-53H2. The molecule has 0 aromatic heterocycles. The largest absolute Gasteiger partial charge is 0.102 e. The molecule has 58 unspecified atom stereocenters. The van der Waals surface area contributed by atoms with Gasteiger partial charge in [0.05, 0.1) is 0 Å². The van der Waals surface area contributed by atoms with Gasteiger partial charge in [-0.25, -0.2) is 0 Å². The quantitative estimate of drug-likeness (QED) is 0.0533. The summed E-state index contributed by atoms with van der Waals surface area (Å²) in [6.07, 6.45) is 0. The minimum absolute atomic E-state index is 0.346. The molecule has 632 valence electrons. The van der Waals surface area contributed by atoms with Gasteiger partial charge in [0.2, 0.25) is 0 Å². The summed E-state index contributed by atoms with van der Waals surface area (Å²) in [5, 5.41) is 0. The Morgan fingerprint density at radius 2 is 0.171 bits per heavy atom. The zero-order chi connectivity index (χ0) is 83.2. The van der Waals surface area contributed by atoms with Gasteiger partial charge in [-0.1, -0.05) is 0 Å².